The minimum absolute atomic E-state index is 0.229. The molecule has 0 bridgehead atoms. The van der Waals surface area contributed by atoms with Gasteiger partial charge in [-0.2, -0.15) is 0 Å². The molecule has 1 aromatic heterocycles. The van der Waals surface area contributed by atoms with Crippen molar-refractivity contribution >= 4 is 17.0 Å². The summed E-state index contributed by atoms with van der Waals surface area (Å²) in [5.41, 5.74) is 4.47. The summed E-state index contributed by atoms with van der Waals surface area (Å²) in [6.45, 7) is 0. The highest BCUT2D eigenvalue weighted by molar-refractivity contribution is 5.74. The van der Waals surface area contributed by atoms with Crippen molar-refractivity contribution in [2.75, 3.05) is 7.11 Å². The molecule has 3 aromatic rings. The van der Waals surface area contributed by atoms with Gasteiger partial charge in [-0.15, -0.1) is 0 Å². The number of methoxy groups -OCH3 is 1. The molecule has 0 radical (unpaired) electrons. The average Bonchev–Trinajstić information content (AvgIpc) is 3.07. The van der Waals surface area contributed by atoms with Crippen molar-refractivity contribution in [1.82, 2.24) is 10.3 Å². The van der Waals surface area contributed by atoms with Gasteiger partial charge in [0.05, 0.1) is 13.5 Å². The van der Waals surface area contributed by atoms with Gasteiger partial charge in [0.15, 0.2) is 0 Å². The van der Waals surface area contributed by atoms with Crippen molar-refractivity contribution in [2.45, 2.75) is 19.3 Å². The molecule has 2 aromatic carbocycles. The predicted molar refractivity (Wildman–Crippen MR) is 89.2 cm³/mol. The van der Waals surface area contributed by atoms with Gasteiger partial charge in [0.2, 0.25) is 0 Å². The minimum Gasteiger partial charge on any atom is -0.469 e. The molecule has 0 unspecified atom stereocenters. The number of carbonyl (C=O) groups is 1. The van der Waals surface area contributed by atoms with Crippen molar-refractivity contribution in [3.8, 4) is 11.8 Å². The summed E-state index contributed by atoms with van der Waals surface area (Å²) in [5, 5.41) is 7.57. The Bertz CT molecular complexity index is 902. The number of fused-ring (bicyclic) bond motifs is 1. The predicted octanol–water partition coefficient (Wildman–Crippen LogP) is 2.92. The van der Waals surface area contributed by atoms with Crippen molar-refractivity contribution in [3.63, 3.8) is 0 Å². The fourth-order valence-corrected chi connectivity index (χ4v) is 2.29. The summed E-state index contributed by atoms with van der Waals surface area (Å²) in [6, 6.07) is 13.5. The Morgan fingerprint density at radius 3 is 2.62 bits per heavy atom. The molecule has 0 saturated carbocycles. The van der Waals surface area contributed by atoms with Crippen molar-refractivity contribution < 1.29 is 14.2 Å². The Labute approximate surface area is 139 Å². The van der Waals surface area contributed by atoms with Gasteiger partial charge in [0, 0.05) is 12.0 Å². The molecule has 5 heteroatoms. The normalized spacial score (nSPS) is 10.2. The molecule has 24 heavy (non-hydrogen) atoms. The Morgan fingerprint density at radius 2 is 1.83 bits per heavy atom. The smallest absolute Gasteiger partial charge is 0.309 e. The molecule has 0 spiro atoms. The lowest BCUT2D eigenvalue weighted by atomic mass is 10.1. The highest BCUT2D eigenvalue weighted by Crippen LogP contribution is 2.11. The van der Waals surface area contributed by atoms with E-state index in [1.54, 1.807) is 0 Å². The maximum absolute atomic E-state index is 11.2. The number of rotatable bonds is 4. The highest BCUT2D eigenvalue weighted by atomic mass is 16.6. The minimum atomic E-state index is -0.229. The summed E-state index contributed by atoms with van der Waals surface area (Å²) in [4.78, 5) is 11.2. The van der Waals surface area contributed by atoms with Crippen LogP contribution < -0.4 is 0 Å². The van der Waals surface area contributed by atoms with Gasteiger partial charge < -0.3 is 4.74 Å². The van der Waals surface area contributed by atoms with Gasteiger partial charge in [-0.05, 0) is 46.1 Å². The molecule has 0 saturated heterocycles. The lowest BCUT2D eigenvalue weighted by molar-refractivity contribution is -0.139. The third-order valence-electron chi connectivity index (χ3n) is 3.62. The number of nitrogens with zero attached hydrogens (tertiary/aromatic N) is 2. The standard InChI is InChI=1S/C19H16N2O3/c1-23-19(22)13-16-8-6-14(7-9-16)4-2-3-5-15-10-11-17-18(12-15)21-24-20-17/h6-12H,2,4,13H2,1H3. The molecule has 5 nitrogen and oxygen atoms in total. The zero-order valence-corrected chi connectivity index (χ0v) is 13.3. The summed E-state index contributed by atoms with van der Waals surface area (Å²) in [7, 11) is 1.40. The number of aromatic nitrogens is 2. The lowest BCUT2D eigenvalue weighted by Gasteiger charge is -2.02. The first-order chi connectivity index (χ1) is 11.7. The summed E-state index contributed by atoms with van der Waals surface area (Å²) < 4.78 is 9.32. The van der Waals surface area contributed by atoms with E-state index in [2.05, 4.69) is 31.5 Å². The maximum atomic E-state index is 11.2. The number of ether oxygens (including phenoxy) is 1. The second-order valence-corrected chi connectivity index (χ2v) is 5.34. The molecule has 120 valence electrons. The van der Waals surface area contributed by atoms with Crippen molar-refractivity contribution in [2.24, 2.45) is 0 Å². The molecule has 0 amide bonds. The average molecular weight is 320 g/mol. The second kappa shape index (κ2) is 7.42. The van der Waals surface area contributed by atoms with E-state index in [4.69, 9.17) is 0 Å². The van der Waals surface area contributed by atoms with Crippen LogP contribution in [0.1, 0.15) is 23.1 Å². The van der Waals surface area contributed by atoms with Gasteiger partial charge in [-0.25, -0.2) is 4.63 Å². The van der Waals surface area contributed by atoms with E-state index in [9.17, 15) is 4.79 Å². The first-order valence-electron chi connectivity index (χ1n) is 7.60. The maximum Gasteiger partial charge on any atom is 0.309 e. The first-order valence-corrected chi connectivity index (χ1v) is 7.60. The molecule has 0 aliphatic rings. The Kier molecular flexibility index (Phi) is 4.87. The SMILES string of the molecule is COC(=O)Cc1ccc(CCC#Cc2ccc3nonc3c2)cc1. The third-order valence-corrected chi connectivity index (χ3v) is 3.62. The fourth-order valence-electron chi connectivity index (χ4n) is 2.29. The third kappa shape index (κ3) is 3.99. The number of benzene rings is 2. The van der Waals surface area contributed by atoms with Crippen LogP contribution in [0.15, 0.2) is 47.1 Å². The Hall–Kier alpha value is -3.13. The number of hydrogen-bond acceptors (Lipinski definition) is 5. The summed E-state index contributed by atoms with van der Waals surface area (Å²) in [5.74, 6) is 6.05. The number of carbonyl (C=O) groups excluding carboxylic acids is 1. The number of esters is 1. The van der Waals surface area contributed by atoms with Crippen LogP contribution in [-0.4, -0.2) is 23.4 Å². The van der Waals surface area contributed by atoms with E-state index in [0.717, 1.165) is 29.5 Å². The van der Waals surface area contributed by atoms with Crippen LogP contribution in [0.3, 0.4) is 0 Å². The molecule has 3 rings (SSSR count). The zero-order valence-electron chi connectivity index (χ0n) is 13.3. The van der Waals surface area contributed by atoms with Gasteiger partial charge in [0.25, 0.3) is 0 Å². The van der Waals surface area contributed by atoms with Gasteiger partial charge in [-0.3, -0.25) is 4.79 Å². The molecule has 1 heterocycles. The van der Waals surface area contributed by atoms with E-state index < -0.39 is 0 Å². The monoisotopic (exact) mass is 320 g/mol. The van der Waals surface area contributed by atoms with Gasteiger partial charge >= 0.3 is 5.97 Å². The van der Waals surface area contributed by atoms with Crippen LogP contribution in [0.25, 0.3) is 11.0 Å². The van der Waals surface area contributed by atoms with Crippen molar-refractivity contribution in [3.05, 3.63) is 59.2 Å². The Morgan fingerprint density at radius 1 is 1.08 bits per heavy atom. The van der Waals surface area contributed by atoms with E-state index in [0.29, 0.717) is 11.9 Å². The van der Waals surface area contributed by atoms with E-state index >= 15 is 0 Å². The van der Waals surface area contributed by atoms with Gasteiger partial charge in [0.1, 0.15) is 11.0 Å². The van der Waals surface area contributed by atoms with E-state index in [1.807, 2.05) is 42.5 Å². The van der Waals surface area contributed by atoms with Crippen molar-refractivity contribution in [1.29, 1.82) is 0 Å². The topological polar surface area (TPSA) is 65.2 Å². The fraction of sp³-hybridized carbons (Fsp3) is 0.211. The largest absolute Gasteiger partial charge is 0.469 e. The molecule has 0 N–H and O–H groups in total. The first kappa shape index (κ1) is 15.8. The lowest BCUT2D eigenvalue weighted by Crippen LogP contribution is -2.04. The van der Waals surface area contributed by atoms with Crippen LogP contribution in [0.4, 0.5) is 0 Å². The molecule has 0 aliphatic carbocycles. The quantitative estimate of drug-likeness (QED) is 0.546. The molecule has 0 atom stereocenters. The zero-order chi connectivity index (χ0) is 16.8. The molecular weight excluding hydrogens is 304 g/mol. The molecule has 0 fully saturated rings. The second-order valence-electron chi connectivity index (χ2n) is 5.34. The molecule has 0 aliphatic heterocycles. The number of hydrogen-bond donors (Lipinski definition) is 0. The van der Waals surface area contributed by atoms with Crippen LogP contribution in [0.2, 0.25) is 0 Å². The van der Waals surface area contributed by atoms with Crippen LogP contribution >= 0.6 is 0 Å². The highest BCUT2D eigenvalue weighted by Gasteiger charge is 2.02. The van der Waals surface area contributed by atoms with E-state index in [-0.39, 0.29) is 5.97 Å². The summed E-state index contributed by atoms with van der Waals surface area (Å²) >= 11 is 0. The van der Waals surface area contributed by atoms with E-state index in [1.165, 1.54) is 12.7 Å². The van der Waals surface area contributed by atoms with Crippen LogP contribution in [0, 0.1) is 11.8 Å². The van der Waals surface area contributed by atoms with Crippen LogP contribution in [0.5, 0.6) is 0 Å². The van der Waals surface area contributed by atoms with Gasteiger partial charge in [-0.1, -0.05) is 36.1 Å². The Balaban J connectivity index is 1.55. The molecular formula is C19H16N2O3. The summed E-state index contributed by atoms with van der Waals surface area (Å²) in [6.07, 6.45) is 1.92. The number of aryl methyl sites for hydroxylation is 1. The van der Waals surface area contributed by atoms with Crippen LogP contribution in [-0.2, 0) is 22.4 Å².